The largest absolute Gasteiger partial charge is 0.454 e. The standard InChI is InChI=1S/C21H18N4O2S/c1-14-20(17-9-10-25(24-17)16-5-3-2-4-6-16)28-21(23-14)22-12-15-7-8-18-19(11-15)27-13-26-18/h2-11H,12-13H2,1H3,(H,22,23). The van der Waals surface area contributed by atoms with E-state index in [2.05, 4.69) is 10.3 Å². The Morgan fingerprint density at radius 1 is 1.07 bits per heavy atom. The van der Waals surface area contributed by atoms with Crippen molar-refractivity contribution in [2.45, 2.75) is 13.5 Å². The van der Waals surface area contributed by atoms with Crippen molar-refractivity contribution < 1.29 is 9.47 Å². The third-order valence-corrected chi connectivity index (χ3v) is 5.66. The van der Waals surface area contributed by atoms with Crippen LogP contribution in [0.4, 0.5) is 5.13 Å². The number of rotatable bonds is 5. The van der Waals surface area contributed by atoms with Crippen LogP contribution in [0.2, 0.25) is 0 Å². The van der Waals surface area contributed by atoms with E-state index in [1.165, 1.54) is 0 Å². The summed E-state index contributed by atoms with van der Waals surface area (Å²) in [4.78, 5) is 5.73. The number of anilines is 1. The van der Waals surface area contributed by atoms with Crippen LogP contribution in [-0.4, -0.2) is 21.6 Å². The average molecular weight is 390 g/mol. The van der Waals surface area contributed by atoms with Crippen molar-refractivity contribution in [1.82, 2.24) is 14.8 Å². The summed E-state index contributed by atoms with van der Waals surface area (Å²) in [6.07, 6.45) is 1.98. The molecule has 7 heteroatoms. The number of ether oxygens (including phenoxy) is 2. The minimum atomic E-state index is 0.289. The third kappa shape index (κ3) is 3.20. The predicted octanol–water partition coefficient (Wildman–Crippen LogP) is 4.65. The number of thiazole rings is 1. The Hall–Kier alpha value is -3.32. The summed E-state index contributed by atoms with van der Waals surface area (Å²) in [5.74, 6) is 1.59. The van der Waals surface area contributed by atoms with Gasteiger partial charge in [-0.3, -0.25) is 0 Å². The Labute approximate surface area is 166 Å². The van der Waals surface area contributed by atoms with Gasteiger partial charge in [0, 0.05) is 12.7 Å². The number of nitrogens with one attached hydrogen (secondary N) is 1. The summed E-state index contributed by atoms with van der Waals surface area (Å²) in [6, 6.07) is 18.1. The lowest BCUT2D eigenvalue weighted by Crippen LogP contribution is -1.98. The van der Waals surface area contributed by atoms with E-state index in [-0.39, 0.29) is 6.79 Å². The van der Waals surface area contributed by atoms with E-state index in [9.17, 15) is 0 Å². The summed E-state index contributed by atoms with van der Waals surface area (Å²) in [5, 5.41) is 8.98. The molecule has 2 aromatic carbocycles. The second-order valence-electron chi connectivity index (χ2n) is 6.46. The number of nitrogens with zero attached hydrogens (tertiary/aromatic N) is 3. The summed E-state index contributed by atoms with van der Waals surface area (Å²) in [7, 11) is 0. The van der Waals surface area contributed by atoms with Crippen molar-refractivity contribution in [3.05, 3.63) is 72.1 Å². The van der Waals surface area contributed by atoms with Gasteiger partial charge in [-0.05, 0) is 42.8 Å². The SMILES string of the molecule is Cc1nc(NCc2ccc3c(c2)OCO3)sc1-c1ccn(-c2ccccc2)n1. The van der Waals surface area contributed by atoms with E-state index in [1.54, 1.807) is 11.3 Å². The summed E-state index contributed by atoms with van der Waals surface area (Å²) >= 11 is 1.61. The van der Waals surface area contributed by atoms with Crippen LogP contribution in [0, 0.1) is 6.92 Å². The van der Waals surface area contributed by atoms with Crippen molar-refractivity contribution in [3.63, 3.8) is 0 Å². The molecule has 0 saturated carbocycles. The highest BCUT2D eigenvalue weighted by Gasteiger charge is 2.15. The van der Waals surface area contributed by atoms with Gasteiger partial charge < -0.3 is 14.8 Å². The molecule has 0 aliphatic carbocycles. The fraction of sp³-hybridized carbons (Fsp3) is 0.143. The molecule has 28 heavy (non-hydrogen) atoms. The molecule has 0 bridgehead atoms. The Balaban J connectivity index is 1.32. The fourth-order valence-corrected chi connectivity index (χ4v) is 4.03. The summed E-state index contributed by atoms with van der Waals surface area (Å²) in [5.41, 5.74) is 4.05. The number of fused-ring (bicyclic) bond motifs is 1. The van der Waals surface area contributed by atoms with Crippen molar-refractivity contribution in [2.75, 3.05) is 12.1 Å². The van der Waals surface area contributed by atoms with Gasteiger partial charge >= 0.3 is 0 Å². The van der Waals surface area contributed by atoms with Gasteiger partial charge in [0.05, 0.1) is 16.3 Å². The van der Waals surface area contributed by atoms with Gasteiger partial charge in [0.2, 0.25) is 6.79 Å². The average Bonchev–Trinajstić information content (AvgIpc) is 3.46. The summed E-state index contributed by atoms with van der Waals surface area (Å²) in [6.45, 7) is 2.97. The molecule has 2 aromatic heterocycles. The maximum atomic E-state index is 5.44. The Bertz CT molecular complexity index is 1120. The van der Waals surface area contributed by atoms with Crippen molar-refractivity contribution in [2.24, 2.45) is 0 Å². The number of para-hydroxylation sites is 1. The highest BCUT2D eigenvalue weighted by Crippen LogP contribution is 2.34. The van der Waals surface area contributed by atoms with Gasteiger partial charge in [0.15, 0.2) is 16.6 Å². The maximum absolute atomic E-state index is 5.44. The molecular weight excluding hydrogens is 372 g/mol. The number of hydrogen-bond acceptors (Lipinski definition) is 6. The topological polar surface area (TPSA) is 61.2 Å². The van der Waals surface area contributed by atoms with Crippen LogP contribution in [0.1, 0.15) is 11.3 Å². The molecule has 0 saturated heterocycles. The number of hydrogen-bond donors (Lipinski definition) is 1. The van der Waals surface area contributed by atoms with Crippen LogP contribution in [0.15, 0.2) is 60.8 Å². The third-order valence-electron chi connectivity index (χ3n) is 4.52. The van der Waals surface area contributed by atoms with Crippen LogP contribution < -0.4 is 14.8 Å². The second-order valence-corrected chi connectivity index (χ2v) is 7.45. The molecule has 3 heterocycles. The molecule has 0 atom stereocenters. The number of benzene rings is 2. The zero-order valence-corrected chi connectivity index (χ0v) is 16.1. The van der Waals surface area contributed by atoms with E-state index < -0.39 is 0 Å². The van der Waals surface area contributed by atoms with E-state index in [0.29, 0.717) is 6.54 Å². The Morgan fingerprint density at radius 3 is 2.82 bits per heavy atom. The highest BCUT2D eigenvalue weighted by molar-refractivity contribution is 7.19. The second kappa shape index (κ2) is 7.01. The van der Waals surface area contributed by atoms with Crippen molar-refractivity contribution in [1.29, 1.82) is 0 Å². The molecule has 0 amide bonds. The zero-order valence-electron chi connectivity index (χ0n) is 15.3. The normalized spacial score (nSPS) is 12.3. The van der Waals surface area contributed by atoms with E-state index in [1.807, 2.05) is 72.4 Å². The molecule has 0 spiro atoms. The lowest BCUT2D eigenvalue weighted by molar-refractivity contribution is 0.174. The predicted molar refractivity (Wildman–Crippen MR) is 109 cm³/mol. The number of aromatic nitrogens is 3. The lowest BCUT2D eigenvalue weighted by atomic mass is 10.2. The van der Waals surface area contributed by atoms with Crippen LogP contribution in [0.25, 0.3) is 16.3 Å². The smallest absolute Gasteiger partial charge is 0.231 e. The fourth-order valence-electron chi connectivity index (χ4n) is 3.11. The van der Waals surface area contributed by atoms with Gasteiger partial charge in [0.1, 0.15) is 5.69 Å². The van der Waals surface area contributed by atoms with Crippen molar-refractivity contribution >= 4 is 16.5 Å². The molecule has 0 unspecified atom stereocenters. The van der Waals surface area contributed by atoms with Crippen LogP contribution in [0.3, 0.4) is 0 Å². The van der Waals surface area contributed by atoms with E-state index >= 15 is 0 Å². The van der Waals surface area contributed by atoms with Gasteiger partial charge in [-0.1, -0.05) is 35.6 Å². The number of aryl methyl sites for hydroxylation is 1. The van der Waals surface area contributed by atoms with E-state index in [4.69, 9.17) is 14.6 Å². The first kappa shape index (κ1) is 16.8. The molecule has 5 rings (SSSR count). The highest BCUT2D eigenvalue weighted by atomic mass is 32.1. The van der Waals surface area contributed by atoms with Gasteiger partial charge in [-0.15, -0.1) is 0 Å². The molecule has 6 nitrogen and oxygen atoms in total. The molecule has 1 N–H and O–H groups in total. The Kier molecular flexibility index (Phi) is 4.21. The molecule has 1 aliphatic rings. The molecule has 0 fully saturated rings. The first-order valence-corrected chi connectivity index (χ1v) is 9.79. The first-order chi connectivity index (χ1) is 13.8. The maximum Gasteiger partial charge on any atom is 0.231 e. The van der Waals surface area contributed by atoms with Crippen LogP contribution >= 0.6 is 11.3 Å². The molecule has 0 radical (unpaired) electrons. The van der Waals surface area contributed by atoms with Crippen LogP contribution in [-0.2, 0) is 6.54 Å². The quantitative estimate of drug-likeness (QED) is 0.538. The lowest BCUT2D eigenvalue weighted by Gasteiger charge is -2.04. The van der Waals surface area contributed by atoms with Gasteiger partial charge in [0.25, 0.3) is 0 Å². The van der Waals surface area contributed by atoms with Crippen LogP contribution in [0.5, 0.6) is 11.5 Å². The molecule has 4 aromatic rings. The Morgan fingerprint density at radius 2 is 1.93 bits per heavy atom. The van der Waals surface area contributed by atoms with Gasteiger partial charge in [-0.25, -0.2) is 9.67 Å². The van der Waals surface area contributed by atoms with Gasteiger partial charge in [-0.2, -0.15) is 5.10 Å². The molecule has 1 aliphatic heterocycles. The first-order valence-electron chi connectivity index (χ1n) is 8.97. The monoisotopic (exact) mass is 390 g/mol. The zero-order chi connectivity index (χ0) is 18.9. The summed E-state index contributed by atoms with van der Waals surface area (Å²) < 4.78 is 12.7. The minimum Gasteiger partial charge on any atom is -0.454 e. The van der Waals surface area contributed by atoms with E-state index in [0.717, 1.165) is 44.1 Å². The van der Waals surface area contributed by atoms with Crippen molar-refractivity contribution in [3.8, 4) is 27.8 Å². The molecular formula is C21H18N4O2S. The molecule has 140 valence electrons. The minimum absolute atomic E-state index is 0.289.